The van der Waals surface area contributed by atoms with Crippen LogP contribution in [0.3, 0.4) is 0 Å². The second-order valence-electron chi connectivity index (χ2n) is 9.93. The molecule has 0 amide bonds. The van der Waals surface area contributed by atoms with Crippen LogP contribution in [0.5, 0.6) is 0 Å². The molecular weight excluding hydrogens is 434 g/mol. The highest BCUT2D eigenvalue weighted by Crippen LogP contribution is 2.62. The number of rotatable bonds is 0. The van der Waals surface area contributed by atoms with Crippen molar-refractivity contribution in [3.8, 4) is 22.3 Å². The van der Waals surface area contributed by atoms with Crippen molar-refractivity contribution in [1.82, 2.24) is 4.90 Å². The van der Waals surface area contributed by atoms with E-state index in [2.05, 4.69) is 116 Å². The average molecular weight is 468 g/mol. The lowest BCUT2D eigenvalue weighted by molar-refractivity contribution is 0.505. The molecule has 36 heavy (non-hydrogen) atoms. The van der Waals surface area contributed by atoms with Gasteiger partial charge in [0.1, 0.15) is 0 Å². The summed E-state index contributed by atoms with van der Waals surface area (Å²) in [7, 11) is 6.00. The molecule has 2 aliphatic carbocycles. The van der Waals surface area contributed by atoms with Gasteiger partial charge in [-0.15, -0.1) is 0 Å². The van der Waals surface area contributed by atoms with Gasteiger partial charge in [-0.3, -0.25) is 0 Å². The zero-order valence-corrected chi connectivity index (χ0v) is 21.6. The zero-order valence-electron chi connectivity index (χ0n) is 21.6. The van der Waals surface area contributed by atoms with Crippen molar-refractivity contribution >= 4 is 0 Å². The van der Waals surface area contributed by atoms with Crippen LogP contribution in [0.1, 0.15) is 27.8 Å². The molecule has 0 radical (unpaired) electrons. The van der Waals surface area contributed by atoms with Crippen molar-refractivity contribution in [3.05, 3.63) is 155 Å². The predicted octanol–water partition coefficient (Wildman–Crippen LogP) is 8.20. The molecule has 1 nitrogen and oxygen atoms in total. The number of nitrogens with zero attached hydrogens (tertiary/aromatic N) is 1. The maximum atomic E-state index is 2.31. The molecule has 0 saturated carbocycles. The van der Waals surface area contributed by atoms with Crippen LogP contribution in [0.25, 0.3) is 22.3 Å². The van der Waals surface area contributed by atoms with Gasteiger partial charge < -0.3 is 4.90 Å². The van der Waals surface area contributed by atoms with Crippen molar-refractivity contribution < 1.29 is 0 Å². The van der Waals surface area contributed by atoms with Gasteiger partial charge in [-0.25, -0.2) is 0 Å². The Morgan fingerprint density at radius 3 is 0.889 bits per heavy atom. The molecule has 0 bridgehead atoms. The smallest absolute Gasteiger partial charge is 0.0725 e. The lowest BCUT2D eigenvalue weighted by Crippen LogP contribution is -2.25. The summed E-state index contributed by atoms with van der Waals surface area (Å²) in [6, 6.07) is 45.9. The molecule has 178 valence electrons. The third-order valence-corrected chi connectivity index (χ3v) is 6.85. The fraction of sp³-hybridized carbons (Fsp3) is 0.143. The summed E-state index contributed by atoms with van der Waals surface area (Å²) in [5, 5.41) is 0. The maximum absolute atomic E-state index is 2.31. The Hall–Kier alpha value is -3.94. The van der Waals surface area contributed by atoms with Crippen LogP contribution in [-0.4, -0.2) is 26.0 Å². The summed E-state index contributed by atoms with van der Waals surface area (Å²) < 4.78 is 0. The Labute approximate surface area is 215 Å². The molecule has 1 heteroatoms. The largest absolute Gasteiger partial charge is 0.312 e. The van der Waals surface area contributed by atoms with Crippen LogP contribution >= 0.6 is 0 Å². The third-order valence-electron chi connectivity index (χ3n) is 6.85. The fourth-order valence-corrected chi connectivity index (χ4v) is 5.58. The molecule has 0 heterocycles. The van der Waals surface area contributed by atoms with Gasteiger partial charge in [0.2, 0.25) is 0 Å². The van der Waals surface area contributed by atoms with E-state index in [0.717, 1.165) is 0 Å². The summed E-state index contributed by atoms with van der Waals surface area (Å²) in [5.74, 6) is 0. The average Bonchev–Trinajstić information content (AvgIpc) is 3.37. The van der Waals surface area contributed by atoms with Crippen molar-refractivity contribution in [2.75, 3.05) is 21.1 Å². The Kier molecular flexibility index (Phi) is 6.59. The van der Waals surface area contributed by atoms with E-state index >= 15 is 0 Å². The Morgan fingerprint density at radius 1 is 0.389 bits per heavy atom. The minimum absolute atomic E-state index is 0.180. The fourth-order valence-electron chi connectivity index (χ4n) is 5.58. The van der Waals surface area contributed by atoms with Crippen LogP contribution in [0.2, 0.25) is 0 Å². The number of benzene rings is 5. The van der Waals surface area contributed by atoms with Crippen LogP contribution in [-0.2, 0) is 5.41 Å². The summed E-state index contributed by atoms with van der Waals surface area (Å²) in [5.41, 5.74) is 12.2. The quantitative estimate of drug-likeness (QED) is 0.217. The normalized spacial score (nSPS) is 12.9. The predicted molar refractivity (Wildman–Crippen MR) is 154 cm³/mol. The topological polar surface area (TPSA) is 3.24 Å². The third kappa shape index (κ3) is 3.96. The van der Waals surface area contributed by atoms with Crippen LogP contribution in [0.15, 0.2) is 127 Å². The molecule has 1 spiro atoms. The van der Waals surface area contributed by atoms with Crippen molar-refractivity contribution in [3.63, 3.8) is 0 Å². The van der Waals surface area contributed by atoms with Gasteiger partial charge in [-0.1, -0.05) is 133 Å². The molecule has 0 N–H and O–H groups in total. The minimum Gasteiger partial charge on any atom is -0.312 e. The van der Waals surface area contributed by atoms with Gasteiger partial charge in [0, 0.05) is 0 Å². The molecule has 2 aliphatic rings. The first kappa shape index (κ1) is 23.8. The van der Waals surface area contributed by atoms with Crippen molar-refractivity contribution in [1.29, 1.82) is 0 Å². The van der Waals surface area contributed by atoms with Gasteiger partial charge in [-0.2, -0.15) is 0 Å². The summed E-state index contributed by atoms with van der Waals surface area (Å²) in [6.45, 7) is 2.08. The standard InChI is InChI=1S/C25H16.C7H8.C3H9N/c1-5-13-21-17(9-1)18-10-2-6-14-22(18)25(21)23-15-7-3-11-19(23)20-12-4-8-16-24(20)25;1-7-5-3-2-4-6-7;1-4(2)3/h1-16H;2-6H,1H3;1-3H3. The molecule has 0 unspecified atom stereocenters. The summed E-state index contributed by atoms with van der Waals surface area (Å²) >= 11 is 0. The molecule has 0 aliphatic heterocycles. The van der Waals surface area contributed by atoms with Gasteiger partial charge in [-0.05, 0) is 72.6 Å². The molecule has 5 aromatic rings. The van der Waals surface area contributed by atoms with E-state index in [4.69, 9.17) is 0 Å². The SMILES string of the molecule is CN(C)C.Cc1ccccc1.c1ccc2c(c1)-c1ccccc1C21c2ccccc2-c2ccccc21. The number of aryl methyl sites for hydroxylation is 1. The van der Waals surface area contributed by atoms with Crippen molar-refractivity contribution in [2.24, 2.45) is 0 Å². The van der Waals surface area contributed by atoms with E-state index in [-0.39, 0.29) is 5.41 Å². The second-order valence-corrected chi connectivity index (χ2v) is 9.93. The van der Waals surface area contributed by atoms with Gasteiger partial charge in [0.25, 0.3) is 0 Å². The molecule has 0 saturated heterocycles. The van der Waals surface area contributed by atoms with Crippen LogP contribution in [0, 0.1) is 6.92 Å². The molecular formula is C35H33N. The first-order valence-electron chi connectivity index (χ1n) is 12.6. The summed E-state index contributed by atoms with van der Waals surface area (Å²) in [6.07, 6.45) is 0. The Balaban J connectivity index is 0.000000204. The maximum Gasteiger partial charge on any atom is 0.0725 e. The number of fused-ring (bicyclic) bond motifs is 10. The van der Waals surface area contributed by atoms with Crippen LogP contribution < -0.4 is 0 Å². The van der Waals surface area contributed by atoms with E-state index in [0.29, 0.717) is 0 Å². The Morgan fingerprint density at radius 2 is 0.639 bits per heavy atom. The molecule has 7 rings (SSSR count). The zero-order chi connectivity index (χ0) is 25.1. The monoisotopic (exact) mass is 467 g/mol. The van der Waals surface area contributed by atoms with Crippen LogP contribution in [0.4, 0.5) is 0 Å². The van der Waals surface area contributed by atoms with Gasteiger partial charge in [0.15, 0.2) is 0 Å². The Bertz CT molecular complexity index is 1290. The van der Waals surface area contributed by atoms with E-state index < -0.39 is 0 Å². The molecule has 0 aromatic heterocycles. The van der Waals surface area contributed by atoms with Gasteiger partial charge in [0.05, 0.1) is 5.41 Å². The first-order valence-corrected chi connectivity index (χ1v) is 12.6. The molecule has 0 atom stereocenters. The van der Waals surface area contributed by atoms with Crippen molar-refractivity contribution in [2.45, 2.75) is 12.3 Å². The lowest BCUT2D eigenvalue weighted by atomic mass is 9.70. The molecule has 5 aromatic carbocycles. The van der Waals surface area contributed by atoms with Gasteiger partial charge >= 0.3 is 0 Å². The van der Waals surface area contributed by atoms with E-state index in [9.17, 15) is 0 Å². The number of hydrogen-bond donors (Lipinski definition) is 0. The van der Waals surface area contributed by atoms with E-state index in [1.54, 1.807) is 0 Å². The lowest BCUT2D eigenvalue weighted by Gasteiger charge is -2.30. The van der Waals surface area contributed by atoms with E-state index in [1.165, 1.54) is 50.1 Å². The highest BCUT2D eigenvalue weighted by molar-refractivity contribution is 5.94. The number of hydrogen-bond acceptors (Lipinski definition) is 1. The highest BCUT2D eigenvalue weighted by atomic mass is 15.0. The minimum atomic E-state index is -0.180. The first-order chi connectivity index (χ1) is 17.5. The van der Waals surface area contributed by atoms with E-state index in [1.807, 2.05) is 44.2 Å². The summed E-state index contributed by atoms with van der Waals surface area (Å²) in [4.78, 5) is 2.00. The second kappa shape index (κ2) is 9.97. The molecule has 0 fully saturated rings. The highest BCUT2D eigenvalue weighted by Gasteiger charge is 2.51.